The van der Waals surface area contributed by atoms with E-state index in [4.69, 9.17) is 4.74 Å². The Morgan fingerprint density at radius 3 is 2.79 bits per heavy atom. The standard InChI is InChI=1S/C17H20F2N4O4S/c1-27-5-4-20-15(25)8-23-12(9-24)7-21-17(23)28-10-16(26)22-14-3-2-11(18)6-13(14)19/h2-3,6-7,24H,4-5,8-10H2,1H3,(H,20,25)(H,22,26). The fourth-order valence-corrected chi connectivity index (χ4v) is 3.00. The Labute approximate surface area is 164 Å². The molecule has 1 aromatic carbocycles. The van der Waals surface area contributed by atoms with E-state index >= 15 is 0 Å². The van der Waals surface area contributed by atoms with Crippen LogP contribution in [0.15, 0.2) is 29.6 Å². The normalized spacial score (nSPS) is 10.7. The third-order valence-corrected chi connectivity index (χ3v) is 4.52. The summed E-state index contributed by atoms with van der Waals surface area (Å²) in [7, 11) is 1.52. The van der Waals surface area contributed by atoms with Crippen LogP contribution in [0.25, 0.3) is 0 Å². The van der Waals surface area contributed by atoms with Crippen molar-refractivity contribution < 1.29 is 28.2 Å². The van der Waals surface area contributed by atoms with Crippen LogP contribution in [0.1, 0.15) is 5.69 Å². The summed E-state index contributed by atoms with van der Waals surface area (Å²) >= 11 is 1.02. The molecule has 2 rings (SSSR count). The molecule has 28 heavy (non-hydrogen) atoms. The molecule has 0 saturated heterocycles. The molecule has 11 heteroatoms. The van der Waals surface area contributed by atoms with Crippen molar-refractivity contribution in [3.05, 3.63) is 41.7 Å². The van der Waals surface area contributed by atoms with Gasteiger partial charge in [-0.2, -0.15) is 0 Å². The van der Waals surface area contributed by atoms with Crippen LogP contribution in [0.2, 0.25) is 0 Å². The molecule has 152 valence electrons. The van der Waals surface area contributed by atoms with E-state index in [1.165, 1.54) is 17.9 Å². The van der Waals surface area contributed by atoms with Gasteiger partial charge in [0.1, 0.15) is 18.2 Å². The lowest BCUT2D eigenvalue weighted by molar-refractivity contribution is -0.122. The smallest absolute Gasteiger partial charge is 0.240 e. The largest absolute Gasteiger partial charge is 0.390 e. The van der Waals surface area contributed by atoms with E-state index in [0.29, 0.717) is 30.1 Å². The fourth-order valence-electron chi connectivity index (χ4n) is 2.20. The second-order valence-electron chi connectivity index (χ2n) is 5.58. The number of hydrogen-bond donors (Lipinski definition) is 3. The van der Waals surface area contributed by atoms with E-state index in [1.54, 1.807) is 0 Å². The van der Waals surface area contributed by atoms with Gasteiger partial charge in [0.15, 0.2) is 5.16 Å². The van der Waals surface area contributed by atoms with Crippen molar-refractivity contribution in [2.75, 3.05) is 31.3 Å². The minimum Gasteiger partial charge on any atom is -0.390 e. The first-order valence-electron chi connectivity index (χ1n) is 8.23. The van der Waals surface area contributed by atoms with Crippen LogP contribution in [0.3, 0.4) is 0 Å². The number of carbonyl (C=O) groups is 2. The highest BCUT2D eigenvalue weighted by molar-refractivity contribution is 7.99. The number of amides is 2. The minimum atomic E-state index is -0.879. The number of halogens is 2. The van der Waals surface area contributed by atoms with Gasteiger partial charge in [0.25, 0.3) is 0 Å². The predicted octanol–water partition coefficient (Wildman–Crippen LogP) is 1.15. The average molecular weight is 414 g/mol. The molecule has 3 N–H and O–H groups in total. The fraction of sp³-hybridized carbons (Fsp3) is 0.353. The molecule has 0 aliphatic rings. The van der Waals surface area contributed by atoms with Crippen LogP contribution < -0.4 is 10.6 Å². The Kier molecular flexibility index (Phi) is 8.36. The van der Waals surface area contributed by atoms with Gasteiger partial charge in [0.2, 0.25) is 11.8 Å². The number of aliphatic hydroxyl groups is 1. The first-order chi connectivity index (χ1) is 13.4. The summed E-state index contributed by atoms with van der Waals surface area (Å²) in [5, 5.41) is 14.8. The maximum absolute atomic E-state index is 13.6. The molecule has 8 nitrogen and oxygen atoms in total. The number of aliphatic hydroxyl groups excluding tert-OH is 1. The van der Waals surface area contributed by atoms with Gasteiger partial charge >= 0.3 is 0 Å². The van der Waals surface area contributed by atoms with Crippen LogP contribution in [0, 0.1) is 11.6 Å². The van der Waals surface area contributed by atoms with Crippen molar-refractivity contribution in [1.29, 1.82) is 0 Å². The summed E-state index contributed by atoms with van der Waals surface area (Å²) in [6, 6.07) is 2.84. The molecule has 0 aliphatic carbocycles. The molecule has 0 radical (unpaired) electrons. The van der Waals surface area contributed by atoms with Crippen molar-refractivity contribution in [1.82, 2.24) is 14.9 Å². The van der Waals surface area contributed by atoms with Gasteiger partial charge in [0.05, 0.1) is 36.5 Å². The van der Waals surface area contributed by atoms with Crippen LogP contribution in [-0.2, 0) is 27.5 Å². The third-order valence-electron chi connectivity index (χ3n) is 3.53. The Balaban J connectivity index is 1.96. The molecule has 0 bridgehead atoms. The second-order valence-corrected chi connectivity index (χ2v) is 6.52. The number of carbonyl (C=O) groups excluding carboxylic acids is 2. The van der Waals surface area contributed by atoms with Crippen LogP contribution in [-0.4, -0.2) is 52.5 Å². The van der Waals surface area contributed by atoms with Crippen LogP contribution in [0.5, 0.6) is 0 Å². The SMILES string of the molecule is COCCNC(=O)Cn1c(CO)cnc1SCC(=O)Nc1ccc(F)cc1F. The number of imidazole rings is 1. The molecule has 0 aliphatic heterocycles. The molecule has 0 spiro atoms. The van der Waals surface area contributed by atoms with Gasteiger partial charge in [0, 0.05) is 19.7 Å². The number of rotatable bonds is 10. The maximum Gasteiger partial charge on any atom is 0.240 e. The summed E-state index contributed by atoms with van der Waals surface area (Å²) in [5.41, 5.74) is 0.276. The highest BCUT2D eigenvalue weighted by Gasteiger charge is 2.15. The topological polar surface area (TPSA) is 105 Å². The number of ether oxygens (including phenoxy) is 1. The van der Waals surface area contributed by atoms with Crippen molar-refractivity contribution in [2.45, 2.75) is 18.3 Å². The molecule has 0 saturated carbocycles. The maximum atomic E-state index is 13.6. The Bertz CT molecular complexity index is 831. The molecule has 0 fully saturated rings. The molecule has 0 unspecified atom stereocenters. The second kappa shape index (κ2) is 10.7. The number of hydrogen-bond acceptors (Lipinski definition) is 6. The van der Waals surface area contributed by atoms with Gasteiger partial charge in [-0.1, -0.05) is 11.8 Å². The van der Waals surface area contributed by atoms with E-state index < -0.39 is 17.5 Å². The van der Waals surface area contributed by atoms with E-state index in [9.17, 15) is 23.5 Å². The number of nitrogens with one attached hydrogen (secondary N) is 2. The molecular formula is C17H20F2N4O4S. The molecular weight excluding hydrogens is 394 g/mol. The lowest BCUT2D eigenvalue weighted by Crippen LogP contribution is -2.31. The first kappa shape index (κ1) is 21.8. The Morgan fingerprint density at radius 2 is 2.11 bits per heavy atom. The number of benzene rings is 1. The highest BCUT2D eigenvalue weighted by atomic mass is 32.2. The van der Waals surface area contributed by atoms with Crippen molar-refractivity contribution in [3.8, 4) is 0 Å². The third kappa shape index (κ3) is 6.29. The quantitative estimate of drug-likeness (QED) is 0.398. The van der Waals surface area contributed by atoms with Crippen molar-refractivity contribution in [2.24, 2.45) is 0 Å². The number of methoxy groups -OCH3 is 1. The lowest BCUT2D eigenvalue weighted by Gasteiger charge is -2.11. The van der Waals surface area contributed by atoms with E-state index in [0.717, 1.165) is 23.9 Å². The monoisotopic (exact) mass is 414 g/mol. The molecule has 2 aromatic rings. The summed E-state index contributed by atoms with van der Waals surface area (Å²) < 4.78 is 32.8. The number of aromatic nitrogens is 2. The number of anilines is 1. The predicted molar refractivity (Wildman–Crippen MR) is 98.7 cm³/mol. The van der Waals surface area contributed by atoms with Crippen molar-refractivity contribution in [3.63, 3.8) is 0 Å². The summed E-state index contributed by atoms with van der Waals surface area (Å²) in [4.78, 5) is 28.1. The molecule has 1 aromatic heterocycles. The lowest BCUT2D eigenvalue weighted by atomic mass is 10.3. The highest BCUT2D eigenvalue weighted by Crippen LogP contribution is 2.20. The Hall–Kier alpha value is -2.50. The summed E-state index contributed by atoms with van der Waals surface area (Å²) in [6.07, 6.45) is 1.41. The summed E-state index contributed by atoms with van der Waals surface area (Å²) in [5.74, 6) is -2.57. The average Bonchev–Trinajstić information content (AvgIpc) is 3.04. The van der Waals surface area contributed by atoms with Gasteiger partial charge < -0.3 is 25.0 Å². The number of thioether (sulfide) groups is 1. The molecule has 2 amide bonds. The minimum absolute atomic E-state index is 0.0872. The van der Waals surface area contributed by atoms with E-state index in [1.807, 2.05) is 0 Å². The van der Waals surface area contributed by atoms with E-state index in [2.05, 4.69) is 15.6 Å². The zero-order valence-electron chi connectivity index (χ0n) is 15.1. The van der Waals surface area contributed by atoms with Crippen LogP contribution in [0.4, 0.5) is 14.5 Å². The zero-order valence-corrected chi connectivity index (χ0v) is 15.9. The first-order valence-corrected chi connectivity index (χ1v) is 9.21. The number of nitrogens with zero attached hydrogens (tertiary/aromatic N) is 2. The van der Waals surface area contributed by atoms with Crippen molar-refractivity contribution >= 4 is 29.3 Å². The molecule has 0 atom stereocenters. The van der Waals surface area contributed by atoms with E-state index in [-0.39, 0.29) is 30.5 Å². The van der Waals surface area contributed by atoms with Gasteiger partial charge in [-0.05, 0) is 12.1 Å². The zero-order chi connectivity index (χ0) is 20.5. The Morgan fingerprint density at radius 1 is 1.32 bits per heavy atom. The van der Waals surface area contributed by atoms with Crippen LogP contribution >= 0.6 is 11.8 Å². The van der Waals surface area contributed by atoms with Gasteiger partial charge in [-0.3, -0.25) is 9.59 Å². The summed E-state index contributed by atoms with van der Waals surface area (Å²) in [6.45, 7) is 0.291. The van der Waals surface area contributed by atoms with Gasteiger partial charge in [-0.25, -0.2) is 13.8 Å². The molecule has 1 heterocycles. The van der Waals surface area contributed by atoms with Gasteiger partial charge in [-0.15, -0.1) is 0 Å².